The molecule has 2 aromatic heterocycles. The molecule has 2 heterocycles. The number of benzene rings is 1. The predicted molar refractivity (Wildman–Crippen MR) is 100 cm³/mol. The number of sulfonamides is 1. The van der Waals surface area contributed by atoms with E-state index in [9.17, 15) is 8.42 Å². The topological polar surface area (TPSA) is 72.4 Å². The van der Waals surface area contributed by atoms with Gasteiger partial charge in [0, 0.05) is 37.1 Å². The van der Waals surface area contributed by atoms with Gasteiger partial charge in [-0.2, -0.15) is 4.31 Å². The van der Waals surface area contributed by atoms with E-state index in [2.05, 4.69) is 9.97 Å². The summed E-state index contributed by atoms with van der Waals surface area (Å²) in [5, 5.41) is 0.562. The van der Waals surface area contributed by atoms with E-state index in [4.69, 9.17) is 4.74 Å². The Morgan fingerprint density at radius 2 is 1.81 bits per heavy atom. The van der Waals surface area contributed by atoms with Gasteiger partial charge in [-0.15, -0.1) is 0 Å². The van der Waals surface area contributed by atoms with Gasteiger partial charge in [-0.25, -0.2) is 8.42 Å². The van der Waals surface area contributed by atoms with Gasteiger partial charge in [0.2, 0.25) is 10.0 Å². The number of pyridine rings is 2. The highest BCUT2D eigenvalue weighted by Crippen LogP contribution is 2.31. The van der Waals surface area contributed by atoms with E-state index >= 15 is 0 Å². The van der Waals surface area contributed by atoms with E-state index < -0.39 is 10.0 Å². The first-order chi connectivity index (χ1) is 12.6. The molecule has 3 rings (SSSR count). The van der Waals surface area contributed by atoms with Crippen LogP contribution in [-0.2, 0) is 16.6 Å². The molecule has 136 valence electrons. The lowest BCUT2D eigenvalue weighted by atomic mass is 10.2. The summed E-state index contributed by atoms with van der Waals surface area (Å²) >= 11 is 0. The maximum Gasteiger partial charge on any atom is 0.244 e. The van der Waals surface area contributed by atoms with Crippen molar-refractivity contribution < 1.29 is 13.2 Å². The maximum absolute atomic E-state index is 13.3. The lowest BCUT2D eigenvalue weighted by molar-refractivity contribution is 0.343. The molecule has 26 heavy (non-hydrogen) atoms. The number of fused-ring (bicyclic) bond motifs is 1. The van der Waals surface area contributed by atoms with Gasteiger partial charge in [-0.1, -0.05) is 6.92 Å². The van der Waals surface area contributed by atoms with Gasteiger partial charge in [0.1, 0.15) is 11.3 Å². The van der Waals surface area contributed by atoms with Gasteiger partial charge in [0.15, 0.2) is 0 Å². The quantitative estimate of drug-likeness (QED) is 0.637. The standard InChI is InChI=1S/C19H21N3O3S/c1-3-22(14-15-9-12-20-13-10-15)26(23,24)18-8-7-17(25-4-2)19-16(18)6-5-11-21-19/h5-13H,3-4,14H2,1-2H3. The third-order valence-corrected chi connectivity index (χ3v) is 6.05. The summed E-state index contributed by atoms with van der Waals surface area (Å²) in [5.74, 6) is 0.583. The molecule has 0 aliphatic carbocycles. The van der Waals surface area contributed by atoms with Crippen molar-refractivity contribution in [1.82, 2.24) is 14.3 Å². The van der Waals surface area contributed by atoms with Crippen LogP contribution < -0.4 is 4.74 Å². The number of nitrogens with zero attached hydrogens (tertiary/aromatic N) is 3. The Morgan fingerprint density at radius 1 is 1.04 bits per heavy atom. The molecule has 0 bridgehead atoms. The summed E-state index contributed by atoms with van der Waals surface area (Å²) in [5.41, 5.74) is 1.44. The molecule has 6 nitrogen and oxygen atoms in total. The molecule has 0 N–H and O–H groups in total. The van der Waals surface area contributed by atoms with E-state index in [1.54, 1.807) is 42.9 Å². The van der Waals surface area contributed by atoms with Crippen LogP contribution in [0.2, 0.25) is 0 Å². The summed E-state index contributed by atoms with van der Waals surface area (Å²) < 4.78 is 33.6. The molecule has 0 saturated carbocycles. The van der Waals surface area contributed by atoms with Gasteiger partial charge < -0.3 is 4.74 Å². The summed E-state index contributed by atoms with van der Waals surface area (Å²) in [6.45, 7) is 4.84. The van der Waals surface area contributed by atoms with Crippen LogP contribution in [0, 0.1) is 0 Å². The number of rotatable bonds is 7. The molecule has 0 radical (unpaired) electrons. The Kier molecular flexibility index (Phi) is 5.49. The Labute approximate surface area is 153 Å². The Balaban J connectivity index is 2.07. The number of aromatic nitrogens is 2. The molecule has 3 aromatic rings. The minimum Gasteiger partial charge on any atom is -0.492 e. The van der Waals surface area contributed by atoms with Crippen molar-refractivity contribution in [3.63, 3.8) is 0 Å². The molecule has 0 saturated heterocycles. The molecule has 0 spiro atoms. The van der Waals surface area contributed by atoms with Crippen molar-refractivity contribution in [2.45, 2.75) is 25.3 Å². The van der Waals surface area contributed by atoms with Crippen molar-refractivity contribution in [2.75, 3.05) is 13.2 Å². The lowest BCUT2D eigenvalue weighted by Gasteiger charge is -2.22. The average Bonchev–Trinajstić information content (AvgIpc) is 2.67. The summed E-state index contributed by atoms with van der Waals surface area (Å²) in [7, 11) is -3.69. The van der Waals surface area contributed by atoms with Crippen LogP contribution in [0.1, 0.15) is 19.4 Å². The van der Waals surface area contributed by atoms with Crippen LogP contribution in [0.25, 0.3) is 10.9 Å². The van der Waals surface area contributed by atoms with E-state index in [1.165, 1.54) is 4.31 Å². The second-order valence-corrected chi connectivity index (χ2v) is 7.59. The van der Waals surface area contributed by atoms with Crippen LogP contribution in [0.15, 0.2) is 59.9 Å². The normalized spacial score (nSPS) is 11.8. The van der Waals surface area contributed by atoms with E-state index in [0.29, 0.717) is 29.8 Å². The Bertz CT molecular complexity index is 991. The fourth-order valence-electron chi connectivity index (χ4n) is 2.82. The van der Waals surface area contributed by atoms with E-state index in [1.807, 2.05) is 26.0 Å². The van der Waals surface area contributed by atoms with Crippen LogP contribution in [0.3, 0.4) is 0 Å². The molecule has 0 fully saturated rings. The molecule has 0 atom stereocenters. The zero-order chi connectivity index (χ0) is 18.6. The molecular formula is C19H21N3O3S. The number of ether oxygens (including phenoxy) is 1. The van der Waals surface area contributed by atoms with Gasteiger partial charge in [-0.3, -0.25) is 9.97 Å². The number of hydrogen-bond donors (Lipinski definition) is 0. The predicted octanol–water partition coefficient (Wildman–Crippen LogP) is 3.24. The maximum atomic E-state index is 13.3. The molecular weight excluding hydrogens is 350 g/mol. The Hall–Kier alpha value is -2.51. The minimum atomic E-state index is -3.69. The first-order valence-corrected chi connectivity index (χ1v) is 9.91. The van der Waals surface area contributed by atoms with E-state index in [-0.39, 0.29) is 11.4 Å². The first-order valence-electron chi connectivity index (χ1n) is 8.47. The second kappa shape index (κ2) is 7.80. The number of hydrogen-bond acceptors (Lipinski definition) is 5. The van der Waals surface area contributed by atoms with Gasteiger partial charge >= 0.3 is 0 Å². The summed E-state index contributed by atoms with van der Waals surface area (Å²) in [4.78, 5) is 8.54. The second-order valence-electron chi connectivity index (χ2n) is 5.68. The minimum absolute atomic E-state index is 0.236. The van der Waals surface area contributed by atoms with Crippen molar-refractivity contribution in [3.8, 4) is 5.75 Å². The fraction of sp³-hybridized carbons (Fsp3) is 0.263. The van der Waals surface area contributed by atoms with Crippen LogP contribution in [0.5, 0.6) is 5.75 Å². The third kappa shape index (κ3) is 3.54. The van der Waals surface area contributed by atoms with Gasteiger partial charge in [0.05, 0.1) is 11.5 Å². The average molecular weight is 371 g/mol. The van der Waals surface area contributed by atoms with Crippen LogP contribution in [0.4, 0.5) is 0 Å². The van der Waals surface area contributed by atoms with Crippen molar-refractivity contribution in [2.24, 2.45) is 0 Å². The third-order valence-electron chi connectivity index (χ3n) is 4.07. The summed E-state index contributed by atoms with van der Waals surface area (Å²) in [6, 6.07) is 10.4. The highest BCUT2D eigenvalue weighted by atomic mass is 32.2. The molecule has 0 unspecified atom stereocenters. The highest BCUT2D eigenvalue weighted by Gasteiger charge is 2.26. The first kappa shape index (κ1) is 18.3. The van der Waals surface area contributed by atoms with Crippen molar-refractivity contribution in [3.05, 3.63) is 60.6 Å². The van der Waals surface area contributed by atoms with Gasteiger partial charge in [0.25, 0.3) is 0 Å². The zero-order valence-corrected chi connectivity index (χ0v) is 15.6. The monoisotopic (exact) mass is 371 g/mol. The lowest BCUT2D eigenvalue weighted by Crippen LogP contribution is -2.30. The SMILES string of the molecule is CCOc1ccc(S(=O)(=O)N(CC)Cc2ccncc2)c2cccnc12. The van der Waals surface area contributed by atoms with Crippen LogP contribution >= 0.6 is 0 Å². The highest BCUT2D eigenvalue weighted by molar-refractivity contribution is 7.89. The summed E-state index contributed by atoms with van der Waals surface area (Å²) in [6.07, 6.45) is 4.95. The van der Waals surface area contributed by atoms with Crippen LogP contribution in [-0.4, -0.2) is 35.8 Å². The van der Waals surface area contributed by atoms with Crippen molar-refractivity contribution in [1.29, 1.82) is 0 Å². The smallest absolute Gasteiger partial charge is 0.244 e. The fourth-order valence-corrected chi connectivity index (χ4v) is 4.43. The Morgan fingerprint density at radius 3 is 2.50 bits per heavy atom. The molecule has 0 aliphatic heterocycles. The van der Waals surface area contributed by atoms with E-state index in [0.717, 1.165) is 5.56 Å². The zero-order valence-electron chi connectivity index (χ0n) is 14.8. The molecule has 1 aromatic carbocycles. The van der Waals surface area contributed by atoms with Gasteiger partial charge in [-0.05, 0) is 48.9 Å². The molecule has 7 heteroatoms. The molecule has 0 amide bonds. The van der Waals surface area contributed by atoms with Crippen molar-refractivity contribution >= 4 is 20.9 Å². The largest absolute Gasteiger partial charge is 0.492 e. The molecule has 0 aliphatic rings.